The lowest BCUT2D eigenvalue weighted by atomic mass is 10.1. The first-order valence-electron chi connectivity index (χ1n) is 6.15. The number of esters is 1. The average molecular weight is 251 g/mol. The van der Waals surface area contributed by atoms with Crippen LogP contribution in [-0.2, 0) is 20.9 Å². The molecule has 18 heavy (non-hydrogen) atoms. The van der Waals surface area contributed by atoms with Crippen LogP contribution < -0.4 is 5.32 Å². The molecule has 0 bridgehead atoms. The Bertz CT molecular complexity index is 362. The van der Waals surface area contributed by atoms with Crippen molar-refractivity contribution in [2.45, 2.75) is 20.5 Å². The summed E-state index contributed by atoms with van der Waals surface area (Å²) in [6.45, 7) is 5.27. The molecule has 1 unspecified atom stereocenters. The predicted octanol–water partition coefficient (Wildman–Crippen LogP) is 2.44. The third kappa shape index (κ3) is 4.75. The Morgan fingerprint density at radius 1 is 1.33 bits per heavy atom. The van der Waals surface area contributed by atoms with E-state index in [1.165, 1.54) is 0 Å². The van der Waals surface area contributed by atoms with Crippen molar-refractivity contribution < 1.29 is 14.3 Å². The fourth-order valence-corrected chi connectivity index (χ4v) is 1.52. The molecule has 1 atom stereocenters. The van der Waals surface area contributed by atoms with E-state index in [0.717, 1.165) is 11.3 Å². The Kier molecular flexibility index (Phi) is 6.22. The van der Waals surface area contributed by atoms with Crippen molar-refractivity contribution in [3.8, 4) is 0 Å². The molecule has 1 aromatic rings. The molecule has 0 aliphatic heterocycles. The number of hydrogen-bond acceptors (Lipinski definition) is 4. The molecule has 4 heteroatoms. The van der Waals surface area contributed by atoms with Gasteiger partial charge in [0.15, 0.2) is 0 Å². The van der Waals surface area contributed by atoms with Crippen molar-refractivity contribution in [3.63, 3.8) is 0 Å². The van der Waals surface area contributed by atoms with E-state index in [2.05, 4.69) is 5.32 Å². The predicted molar refractivity (Wildman–Crippen MR) is 71.4 cm³/mol. The third-order valence-electron chi connectivity index (χ3n) is 2.57. The molecule has 0 saturated carbocycles. The van der Waals surface area contributed by atoms with E-state index in [1.54, 1.807) is 7.11 Å². The van der Waals surface area contributed by atoms with Gasteiger partial charge in [-0.15, -0.1) is 0 Å². The van der Waals surface area contributed by atoms with E-state index in [9.17, 15) is 4.79 Å². The van der Waals surface area contributed by atoms with Crippen molar-refractivity contribution in [1.29, 1.82) is 0 Å². The highest BCUT2D eigenvalue weighted by Gasteiger charge is 2.13. The van der Waals surface area contributed by atoms with Crippen LogP contribution in [0.3, 0.4) is 0 Å². The molecule has 1 N–H and O–H groups in total. The first-order valence-corrected chi connectivity index (χ1v) is 6.15. The van der Waals surface area contributed by atoms with Gasteiger partial charge in [-0.05, 0) is 24.6 Å². The molecule has 0 aromatic heterocycles. The minimum Gasteiger partial charge on any atom is -0.466 e. The lowest BCUT2D eigenvalue weighted by Crippen LogP contribution is -2.22. The number of methoxy groups -OCH3 is 1. The van der Waals surface area contributed by atoms with Crippen LogP contribution in [0.15, 0.2) is 24.3 Å². The monoisotopic (exact) mass is 251 g/mol. The summed E-state index contributed by atoms with van der Waals surface area (Å²) < 4.78 is 9.99. The summed E-state index contributed by atoms with van der Waals surface area (Å²) in [7, 11) is 1.67. The molecule has 1 aromatic carbocycles. The number of anilines is 1. The zero-order valence-electron chi connectivity index (χ0n) is 11.2. The van der Waals surface area contributed by atoms with Gasteiger partial charge in [0.05, 0.1) is 19.1 Å². The molecule has 0 heterocycles. The van der Waals surface area contributed by atoms with Crippen LogP contribution in [0.25, 0.3) is 0 Å². The normalized spacial score (nSPS) is 11.9. The zero-order valence-corrected chi connectivity index (χ0v) is 11.2. The maximum absolute atomic E-state index is 11.4. The molecule has 0 amide bonds. The number of carbonyl (C=O) groups is 1. The van der Waals surface area contributed by atoms with Gasteiger partial charge in [-0.2, -0.15) is 0 Å². The summed E-state index contributed by atoms with van der Waals surface area (Å²) in [6.07, 6.45) is 0. The average Bonchev–Trinajstić information content (AvgIpc) is 2.38. The van der Waals surface area contributed by atoms with E-state index < -0.39 is 0 Å². The van der Waals surface area contributed by atoms with Gasteiger partial charge < -0.3 is 14.8 Å². The second-order valence-corrected chi connectivity index (χ2v) is 4.16. The van der Waals surface area contributed by atoms with E-state index in [-0.39, 0.29) is 11.9 Å². The van der Waals surface area contributed by atoms with Gasteiger partial charge in [0, 0.05) is 19.3 Å². The molecular formula is C14H21NO3. The summed E-state index contributed by atoms with van der Waals surface area (Å²) >= 11 is 0. The van der Waals surface area contributed by atoms with Crippen LogP contribution in [-0.4, -0.2) is 26.2 Å². The minimum atomic E-state index is -0.166. The Hall–Kier alpha value is -1.55. The first-order chi connectivity index (χ1) is 8.67. The minimum absolute atomic E-state index is 0.149. The van der Waals surface area contributed by atoms with Gasteiger partial charge in [0.1, 0.15) is 0 Å². The summed E-state index contributed by atoms with van der Waals surface area (Å²) in [4.78, 5) is 11.4. The van der Waals surface area contributed by atoms with Gasteiger partial charge >= 0.3 is 5.97 Å². The molecule has 0 aliphatic rings. The summed E-state index contributed by atoms with van der Waals surface area (Å²) in [5.41, 5.74) is 2.12. The molecular weight excluding hydrogens is 230 g/mol. The number of hydrogen-bond donors (Lipinski definition) is 1. The van der Waals surface area contributed by atoms with Gasteiger partial charge in [0.25, 0.3) is 0 Å². The highest BCUT2D eigenvalue weighted by molar-refractivity contribution is 5.72. The summed E-state index contributed by atoms with van der Waals surface area (Å²) in [6, 6.07) is 7.96. The highest BCUT2D eigenvalue weighted by atomic mass is 16.5. The zero-order chi connectivity index (χ0) is 13.4. The lowest BCUT2D eigenvalue weighted by Gasteiger charge is -2.12. The highest BCUT2D eigenvalue weighted by Crippen LogP contribution is 2.11. The van der Waals surface area contributed by atoms with Gasteiger partial charge in [-0.1, -0.05) is 19.1 Å². The van der Waals surface area contributed by atoms with Crippen molar-refractivity contribution in [2.75, 3.05) is 25.6 Å². The topological polar surface area (TPSA) is 47.6 Å². The van der Waals surface area contributed by atoms with E-state index in [1.807, 2.05) is 38.1 Å². The molecule has 4 nitrogen and oxygen atoms in total. The largest absolute Gasteiger partial charge is 0.466 e. The molecule has 0 fully saturated rings. The van der Waals surface area contributed by atoms with Gasteiger partial charge in [0.2, 0.25) is 0 Å². The fourth-order valence-electron chi connectivity index (χ4n) is 1.52. The van der Waals surface area contributed by atoms with Crippen molar-refractivity contribution in [2.24, 2.45) is 5.92 Å². The van der Waals surface area contributed by atoms with Crippen LogP contribution in [0.5, 0.6) is 0 Å². The number of benzene rings is 1. The van der Waals surface area contributed by atoms with Crippen molar-refractivity contribution in [1.82, 2.24) is 0 Å². The molecule has 0 aliphatic carbocycles. The molecule has 100 valence electrons. The molecule has 0 saturated heterocycles. The second-order valence-electron chi connectivity index (χ2n) is 4.16. The summed E-state index contributed by atoms with van der Waals surface area (Å²) in [5.74, 6) is -0.315. The van der Waals surface area contributed by atoms with Crippen LogP contribution in [0.4, 0.5) is 5.69 Å². The molecule has 0 spiro atoms. The Balaban J connectivity index is 2.41. The Labute approximate surface area is 108 Å². The number of rotatable bonds is 7. The Morgan fingerprint density at radius 2 is 2.00 bits per heavy atom. The van der Waals surface area contributed by atoms with Crippen LogP contribution in [0.1, 0.15) is 19.4 Å². The second kappa shape index (κ2) is 7.71. The molecule has 0 radical (unpaired) electrons. The number of carbonyl (C=O) groups excluding carboxylic acids is 1. The lowest BCUT2D eigenvalue weighted by molar-refractivity contribution is -0.146. The van der Waals surface area contributed by atoms with Crippen LogP contribution >= 0.6 is 0 Å². The smallest absolute Gasteiger partial charge is 0.310 e. The number of ether oxygens (including phenoxy) is 2. The summed E-state index contributed by atoms with van der Waals surface area (Å²) in [5, 5.41) is 3.21. The van der Waals surface area contributed by atoms with E-state index in [0.29, 0.717) is 19.8 Å². The van der Waals surface area contributed by atoms with Crippen LogP contribution in [0.2, 0.25) is 0 Å². The van der Waals surface area contributed by atoms with Gasteiger partial charge in [-0.3, -0.25) is 4.79 Å². The third-order valence-corrected chi connectivity index (χ3v) is 2.57. The van der Waals surface area contributed by atoms with Gasteiger partial charge in [-0.25, -0.2) is 0 Å². The Morgan fingerprint density at radius 3 is 2.56 bits per heavy atom. The first kappa shape index (κ1) is 14.5. The van der Waals surface area contributed by atoms with E-state index in [4.69, 9.17) is 9.47 Å². The maximum Gasteiger partial charge on any atom is 0.310 e. The van der Waals surface area contributed by atoms with Crippen molar-refractivity contribution >= 4 is 11.7 Å². The fraction of sp³-hybridized carbons (Fsp3) is 0.500. The standard InChI is InChI=1S/C14H21NO3/c1-4-18-14(16)11(2)9-15-13-7-5-12(6-8-13)10-17-3/h5-8,11,15H,4,9-10H2,1-3H3. The van der Waals surface area contributed by atoms with Crippen molar-refractivity contribution in [3.05, 3.63) is 29.8 Å². The molecule has 1 rings (SSSR count). The van der Waals surface area contributed by atoms with Crippen LogP contribution in [0, 0.1) is 5.92 Å². The quantitative estimate of drug-likeness (QED) is 0.756. The maximum atomic E-state index is 11.4. The van der Waals surface area contributed by atoms with E-state index >= 15 is 0 Å². The number of nitrogens with one attached hydrogen (secondary N) is 1. The SMILES string of the molecule is CCOC(=O)C(C)CNc1ccc(COC)cc1.